The third-order valence-corrected chi connectivity index (χ3v) is 7.40. The van der Waals surface area contributed by atoms with Crippen molar-refractivity contribution in [3.63, 3.8) is 0 Å². The Morgan fingerprint density at radius 3 is 2.85 bits per heavy atom. The van der Waals surface area contributed by atoms with Gasteiger partial charge < -0.3 is 4.74 Å². The molecule has 1 unspecified atom stereocenters. The Morgan fingerprint density at radius 1 is 1.31 bits per heavy atom. The molecule has 4 rings (SSSR count). The predicted octanol–water partition coefficient (Wildman–Crippen LogP) is 5.56. The highest BCUT2D eigenvalue weighted by Gasteiger charge is 2.28. The number of aryl methyl sites for hydroxylation is 2. The zero-order valence-electron chi connectivity index (χ0n) is 14.6. The number of fused-ring (bicyclic) bond motifs is 1. The first-order chi connectivity index (χ1) is 12.5. The molecule has 0 radical (unpaired) electrons. The Morgan fingerprint density at radius 2 is 2.15 bits per heavy atom. The third-order valence-electron chi connectivity index (χ3n) is 4.74. The van der Waals surface area contributed by atoms with Gasteiger partial charge in [0.1, 0.15) is 0 Å². The number of thiophene rings is 1. The van der Waals surface area contributed by atoms with Gasteiger partial charge in [0.25, 0.3) is 5.91 Å². The van der Waals surface area contributed by atoms with Gasteiger partial charge in [0, 0.05) is 6.61 Å². The third kappa shape index (κ3) is 3.45. The lowest BCUT2D eigenvalue weighted by Gasteiger charge is -2.22. The molecule has 1 aliphatic heterocycles. The molecule has 3 aromatic rings. The van der Waals surface area contributed by atoms with Crippen molar-refractivity contribution in [2.75, 3.05) is 18.1 Å². The minimum absolute atomic E-state index is 0.00960. The number of carbonyl (C=O) groups is 1. The number of thiazole rings is 1. The molecule has 3 heterocycles. The van der Waals surface area contributed by atoms with E-state index in [-0.39, 0.29) is 12.0 Å². The van der Waals surface area contributed by atoms with Gasteiger partial charge in [0.2, 0.25) is 0 Å². The summed E-state index contributed by atoms with van der Waals surface area (Å²) < 4.78 is 7.85. The fourth-order valence-electron chi connectivity index (χ4n) is 3.13. The van der Waals surface area contributed by atoms with E-state index in [1.807, 2.05) is 12.1 Å². The lowest BCUT2D eigenvalue weighted by atomic mass is 10.1. The summed E-state index contributed by atoms with van der Waals surface area (Å²) in [5, 5.41) is 0.749. The Balaban J connectivity index is 1.74. The first-order valence-corrected chi connectivity index (χ1v) is 11.0. The Kier molecular flexibility index (Phi) is 5.14. The van der Waals surface area contributed by atoms with Crippen LogP contribution in [0.1, 0.15) is 33.6 Å². The molecule has 1 fully saturated rings. The molecule has 1 aliphatic rings. The van der Waals surface area contributed by atoms with Crippen molar-refractivity contribution in [1.82, 2.24) is 4.98 Å². The second-order valence-electron chi connectivity index (χ2n) is 6.51. The number of anilines is 1. The van der Waals surface area contributed by atoms with Crippen LogP contribution in [0.15, 0.2) is 28.1 Å². The summed E-state index contributed by atoms with van der Waals surface area (Å²) in [6.45, 7) is 5.50. The Labute approximate surface area is 168 Å². The first-order valence-electron chi connectivity index (χ1n) is 8.58. The smallest absolute Gasteiger partial charge is 0.270 e. The van der Waals surface area contributed by atoms with Gasteiger partial charge in [-0.1, -0.05) is 17.4 Å². The van der Waals surface area contributed by atoms with E-state index in [4.69, 9.17) is 9.72 Å². The van der Waals surface area contributed by atoms with E-state index in [1.54, 1.807) is 16.2 Å². The Hall–Kier alpha value is -1.28. The quantitative estimate of drug-likeness (QED) is 0.522. The van der Waals surface area contributed by atoms with Crippen LogP contribution in [0.5, 0.6) is 0 Å². The highest BCUT2D eigenvalue weighted by atomic mass is 79.9. The van der Waals surface area contributed by atoms with E-state index < -0.39 is 0 Å². The van der Waals surface area contributed by atoms with Gasteiger partial charge in [-0.05, 0) is 71.9 Å². The number of hydrogen-bond acceptors (Lipinski definition) is 5. The van der Waals surface area contributed by atoms with Gasteiger partial charge in [-0.25, -0.2) is 4.98 Å². The normalized spacial score (nSPS) is 17.1. The van der Waals surface area contributed by atoms with E-state index in [2.05, 4.69) is 41.9 Å². The van der Waals surface area contributed by atoms with Crippen LogP contribution in [0.25, 0.3) is 10.2 Å². The van der Waals surface area contributed by atoms with Crippen molar-refractivity contribution in [3.05, 3.63) is 44.1 Å². The van der Waals surface area contributed by atoms with Crippen LogP contribution in [0, 0.1) is 13.8 Å². The highest BCUT2D eigenvalue weighted by molar-refractivity contribution is 9.11. The SMILES string of the molecule is Cc1ccc2sc(N(CC3CCCO3)C(=O)c3ccc(Br)s3)nc2c1C. The molecule has 1 saturated heterocycles. The molecule has 4 nitrogen and oxygen atoms in total. The van der Waals surface area contributed by atoms with Crippen LogP contribution < -0.4 is 4.90 Å². The van der Waals surface area contributed by atoms with Crippen molar-refractivity contribution in [2.24, 2.45) is 0 Å². The number of benzene rings is 1. The van der Waals surface area contributed by atoms with Crippen LogP contribution in [0.3, 0.4) is 0 Å². The molecule has 1 amide bonds. The van der Waals surface area contributed by atoms with Gasteiger partial charge in [-0.2, -0.15) is 0 Å². The molecule has 1 atom stereocenters. The Bertz CT molecular complexity index is 960. The molecule has 0 aliphatic carbocycles. The van der Waals surface area contributed by atoms with E-state index in [0.29, 0.717) is 11.4 Å². The summed E-state index contributed by atoms with van der Waals surface area (Å²) in [6, 6.07) is 7.98. The number of rotatable bonds is 4. The summed E-state index contributed by atoms with van der Waals surface area (Å²) in [6.07, 6.45) is 2.12. The monoisotopic (exact) mass is 450 g/mol. The number of aromatic nitrogens is 1. The lowest BCUT2D eigenvalue weighted by Crippen LogP contribution is -2.37. The fraction of sp³-hybridized carbons (Fsp3) is 0.368. The lowest BCUT2D eigenvalue weighted by molar-refractivity contribution is 0.0920. The maximum Gasteiger partial charge on any atom is 0.270 e. The average Bonchev–Trinajstić information content (AvgIpc) is 3.36. The van der Waals surface area contributed by atoms with Crippen LogP contribution in [0.2, 0.25) is 0 Å². The molecule has 0 bridgehead atoms. The van der Waals surface area contributed by atoms with Crippen molar-refractivity contribution >= 4 is 59.9 Å². The fourth-order valence-corrected chi connectivity index (χ4v) is 5.50. The maximum atomic E-state index is 13.2. The van der Waals surface area contributed by atoms with E-state index in [0.717, 1.165) is 38.6 Å². The number of nitrogens with zero attached hydrogens (tertiary/aromatic N) is 2. The maximum absolute atomic E-state index is 13.2. The molecule has 0 N–H and O–H groups in total. The predicted molar refractivity (Wildman–Crippen MR) is 112 cm³/mol. The second-order valence-corrected chi connectivity index (χ2v) is 9.98. The molecular weight excluding hydrogens is 432 g/mol. The van der Waals surface area contributed by atoms with E-state index in [1.165, 1.54) is 22.5 Å². The van der Waals surface area contributed by atoms with Crippen molar-refractivity contribution in [3.8, 4) is 0 Å². The van der Waals surface area contributed by atoms with Gasteiger partial charge in [-0.3, -0.25) is 9.69 Å². The van der Waals surface area contributed by atoms with E-state index in [9.17, 15) is 4.79 Å². The summed E-state index contributed by atoms with van der Waals surface area (Å²) in [4.78, 5) is 20.5. The summed E-state index contributed by atoms with van der Waals surface area (Å²) in [5.74, 6) is -0.00960. The van der Waals surface area contributed by atoms with E-state index >= 15 is 0 Å². The van der Waals surface area contributed by atoms with Gasteiger partial charge in [0.05, 0.1) is 31.5 Å². The zero-order chi connectivity index (χ0) is 18.3. The molecule has 0 spiro atoms. The van der Waals surface area contributed by atoms with Crippen LogP contribution in [-0.4, -0.2) is 30.1 Å². The van der Waals surface area contributed by atoms with Crippen LogP contribution in [0.4, 0.5) is 5.13 Å². The summed E-state index contributed by atoms with van der Waals surface area (Å²) in [5.41, 5.74) is 3.38. The molecule has 7 heteroatoms. The van der Waals surface area contributed by atoms with Crippen molar-refractivity contribution in [2.45, 2.75) is 32.8 Å². The standard InChI is InChI=1S/C19H19BrN2O2S2/c1-11-5-6-14-17(12(11)2)21-19(26-14)22(10-13-4-3-9-24-13)18(23)15-7-8-16(20)25-15/h5-8,13H,3-4,9-10H2,1-2H3. The number of ether oxygens (including phenoxy) is 1. The first kappa shape index (κ1) is 18.1. The zero-order valence-corrected chi connectivity index (χ0v) is 17.8. The minimum Gasteiger partial charge on any atom is -0.376 e. The molecule has 136 valence electrons. The van der Waals surface area contributed by atoms with Crippen LogP contribution in [-0.2, 0) is 4.74 Å². The summed E-state index contributed by atoms with van der Waals surface area (Å²) in [7, 11) is 0. The van der Waals surface area contributed by atoms with Gasteiger partial charge in [-0.15, -0.1) is 11.3 Å². The topological polar surface area (TPSA) is 42.4 Å². The average molecular weight is 451 g/mol. The number of halogens is 1. The second kappa shape index (κ2) is 7.38. The van der Waals surface area contributed by atoms with Crippen LogP contribution >= 0.6 is 38.6 Å². The van der Waals surface area contributed by atoms with Gasteiger partial charge in [0.15, 0.2) is 5.13 Å². The van der Waals surface area contributed by atoms with Crippen molar-refractivity contribution in [1.29, 1.82) is 0 Å². The highest BCUT2D eigenvalue weighted by Crippen LogP contribution is 2.34. The van der Waals surface area contributed by atoms with Crippen molar-refractivity contribution < 1.29 is 9.53 Å². The van der Waals surface area contributed by atoms with Gasteiger partial charge >= 0.3 is 0 Å². The summed E-state index contributed by atoms with van der Waals surface area (Å²) >= 11 is 6.47. The molecule has 2 aromatic heterocycles. The molecule has 26 heavy (non-hydrogen) atoms. The molecule has 0 saturated carbocycles. The number of amides is 1. The molecular formula is C19H19BrN2O2S2. The number of carbonyl (C=O) groups excluding carboxylic acids is 1. The molecule has 1 aromatic carbocycles. The number of hydrogen-bond donors (Lipinski definition) is 0. The largest absolute Gasteiger partial charge is 0.376 e. The minimum atomic E-state index is -0.00960.